The van der Waals surface area contributed by atoms with Gasteiger partial charge in [0.05, 0.1) is 31.3 Å². The van der Waals surface area contributed by atoms with E-state index in [-0.39, 0.29) is 11.6 Å². The fourth-order valence-electron chi connectivity index (χ4n) is 3.69. The Morgan fingerprint density at radius 1 is 1.19 bits per heavy atom. The Balaban J connectivity index is 1.69. The number of hydrogen-bond donors (Lipinski definition) is 0. The first-order chi connectivity index (χ1) is 13.0. The normalized spacial score (nSPS) is 18.7. The van der Waals surface area contributed by atoms with Crippen LogP contribution >= 0.6 is 11.3 Å². The standard InChI is InChI=1S/C20H18F2N2O2S/c1-12-14(4-3-5-15(12)22)20(11-26-25-2)8-17-18(9-20)27-19(24-17)16-7-6-13(21)10-23-16/h3-7,10H,8-9,11H2,1-2H3/t20-/m0/s1. The molecule has 2 aromatic heterocycles. The van der Waals surface area contributed by atoms with Crippen LogP contribution in [-0.4, -0.2) is 23.7 Å². The van der Waals surface area contributed by atoms with Crippen molar-refractivity contribution in [3.05, 3.63) is 69.9 Å². The van der Waals surface area contributed by atoms with Gasteiger partial charge in [0.1, 0.15) is 16.6 Å². The molecule has 0 bridgehead atoms. The topological polar surface area (TPSA) is 44.2 Å². The van der Waals surface area contributed by atoms with Crippen molar-refractivity contribution >= 4 is 11.3 Å². The zero-order chi connectivity index (χ0) is 19.0. The highest BCUT2D eigenvalue weighted by Crippen LogP contribution is 2.45. The van der Waals surface area contributed by atoms with Gasteiger partial charge in [-0.25, -0.2) is 23.5 Å². The van der Waals surface area contributed by atoms with Gasteiger partial charge in [-0.2, -0.15) is 0 Å². The van der Waals surface area contributed by atoms with Gasteiger partial charge in [0, 0.05) is 16.7 Å². The van der Waals surface area contributed by atoms with Crippen LogP contribution in [0.3, 0.4) is 0 Å². The van der Waals surface area contributed by atoms with Crippen LogP contribution in [0.5, 0.6) is 0 Å². The van der Waals surface area contributed by atoms with Gasteiger partial charge in [0.15, 0.2) is 0 Å². The maximum Gasteiger partial charge on any atom is 0.142 e. The maximum absolute atomic E-state index is 14.2. The van der Waals surface area contributed by atoms with Crippen molar-refractivity contribution in [2.24, 2.45) is 0 Å². The van der Waals surface area contributed by atoms with E-state index in [1.165, 1.54) is 36.8 Å². The van der Waals surface area contributed by atoms with Gasteiger partial charge in [-0.1, -0.05) is 12.1 Å². The van der Waals surface area contributed by atoms with Crippen molar-refractivity contribution < 1.29 is 18.6 Å². The molecule has 2 heterocycles. The second-order valence-electron chi connectivity index (χ2n) is 6.73. The van der Waals surface area contributed by atoms with E-state index >= 15 is 0 Å². The van der Waals surface area contributed by atoms with E-state index in [2.05, 4.69) is 4.98 Å². The summed E-state index contributed by atoms with van der Waals surface area (Å²) in [7, 11) is 1.47. The van der Waals surface area contributed by atoms with Crippen LogP contribution in [0.15, 0.2) is 36.5 Å². The maximum atomic E-state index is 14.2. The van der Waals surface area contributed by atoms with Crippen molar-refractivity contribution in [2.75, 3.05) is 13.7 Å². The Labute approximate surface area is 159 Å². The van der Waals surface area contributed by atoms with Crippen molar-refractivity contribution in [1.29, 1.82) is 0 Å². The van der Waals surface area contributed by atoms with E-state index in [1.54, 1.807) is 19.1 Å². The predicted molar refractivity (Wildman–Crippen MR) is 98.5 cm³/mol. The van der Waals surface area contributed by atoms with Crippen LogP contribution < -0.4 is 0 Å². The van der Waals surface area contributed by atoms with Gasteiger partial charge in [-0.3, -0.25) is 4.98 Å². The van der Waals surface area contributed by atoms with Crippen molar-refractivity contribution in [1.82, 2.24) is 9.97 Å². The lowest BCUT2D eigenvalue weighted by atomic mass is 9.77. The number of fused-ring (bicyclic) bond motifs is 1. The smallest absolute Gasteiger partial charge is 0.142 e. The number of pyridine rings is 1. The molecule has 1 aliphatic rings. The van der Waals surface area contributed by atoms with E-state index in [1.807, 2.05) is 6.07 Å². The molecule has 0 fully saturated rings. The highest BCUT2D eigenvalue weighted by molar-refractivity contribution is 7.15. The molecular formula is C20H18F2N2O2S. The Kier molecular flexibility index (Phi) is 4.75. The summed E-state index contributed by atoms with van der Waals surface area (Å²) >= 11 is 1.54. The Morgan fingerprint density at radius 2 is 2.04 bits per heavy atom. The third kappa shape index (κ3) is 3.26. The second-order valence-corrected chi connectivity index (χ2v) is 7.81. The largest absolute Gasteiger partial charge is 0.251 e. The molecule has 0 saturated carbocycles. The van der Waals surface area contributed by atoms with Gasteiger partial charge < -0.3 is 0 Å². The molecular weight excluding hydrogens is 370 g/mol. The van der Waals surface area contributed by atoms with E-state index in [4.69, 9.17) is 14.8 Å². The summed E-state index contributed by atoms with van der Waals surface area (Å²) in [6.45, 7) is 2.09. The van der Waals surface area contributed by atoms with Gasteiger partial charge in [-0.05, 0) is 42.7 Å². The molecule has 140 valence electrons. The van der Waals surface area contributed by atoms with Gasteiger partial charge in [0.25, 0.3) is 0 Å². The summed E-state index contributed by atoms with van der Waals surface area (Å²) in [5, 5.41) is 0.761. The van der Waals surface area contributed by atoms with Gasteiger partial charge >= 0.3 is 0 Å². The van der Waals surface area contributed by atoms with E-state index < -0.39 is 5.41 Å². The molecule has 3 aromatic rings. The molecule has 7 heteroatoms. The molecule has 0 saturated heterocycles. The molecule has 4 rings (SSSR count). The van der Waals surface area contributed by atoms with Crippen LogP contribution in [0.4, 0.5) is 8.78 Å². The molecule has 0 amide bonds. The monoisotopic (exact) mass is 388 g/mol. The minimum Gasteiger partial charge on any atom is -0.251 e. The zero-order valence-corrected chi connectivity index (χ0v) is 15.8. The highest BCUT2D eigenvalue weighted by atomic mass is 32.1. The van der Waals surface area contributed by atoms with E-state index in [9.17, 15) is 8.78 Å². The third-order valence-electron chi connectivity index (χ3n) is 5.02. The van der Waals surface area contributed by atoms with Gasteiger partial charge in [-0.15, -0.1) is 11.3 Å². The lowest BCUT2D eigenvalue weighted by Crippen LogP contribution is -2.34. The number of nitrogens with zero attached hydrogens (tertiary/aromatic N) is 2. The molecule has 1 aliphatic carbocycles. The Hall–Kier alpha value is -2.22. The molecule has 27 heavy (non-hydrogen) atoms. The van der Waals surface area contributed by atoms with Gasteiger partial charge in [0.2, 0.25) is 0 Å². The number of hydrogen-bond acceptors (Lipinski definition) is 5. The minimum atomic E-state index is -0.425. The summed E-state index contributed by atoms with van der Waals surface area (Å²) in [5.41, 5.74) is 2.70. The van der Waals surface area contributed by atoms with Crippen LogP contribution in [0, 0.1) is 18.6 Å². The number of halogens is 2. The molecule has 0 aliphatic heterocycles. The first kappa shape index (κ1) is 18.2. The highest BCUT2D eigenvalue weighted by Gasteiger charge is 2.43. The second kappa shape index (κ2) is 7.07. The summed E-state index contributed by atoms with van der Waals surface area (Å²) in [6.07, 6.45) is 2.48. The quantitative estimate of drug-likeness (QED) is 0.480. The predicted octanol–water partition coefficient (Wildman–Crippen LogP) is 4.41. The van der Waals surface area contributed by atoms with E-state index in [0.29, 0.717) is 30.7 Å². The summed E-state index contributed by atoms with van der Waals surface area (Å²) in [5.74, 6) is -0.608. The average Bonchev–Trinajstić information content (AvgIpc) is 3.19. The number of benzene rings is 1. The van der Waals surface area contributed by atoms with E-state index in [0.717, 1.165) is 21.1 Å². The first-order valence-corrected chi connectivity index (χ1v) is 9.36. The van der Waals surface area contributed by atoms with Crippen LogP contribution in [0.2, 0.25) is 0 Å². The van der Waals surface area contributed by atoms with Crippen molar-refractivity contribution in [3.8, 4) is 10.7 Å². The molecule has 1 atom stereocenters. The average molecular weight is 388 g/mol. The Morgan fingerprint density at radius 3 is 2.74 bits per heavy atom. The molecule has 0 spiro atoms. The minimum absolute atomic E-state index is 0.233. The molecule has 4 nitrogen and oxygen atoms in total. The lowest BCUT2D eigenvalue weighted by molar-refractivity contribution is -0.282. The fourth-order valence-corrected chi connectivity index (χ4v) is 4.88. The summed E-state index contributed by atoms with van der Waals surface area (Å²) < 4.78 is 27.3. The van der Waals surface area contributed by atoms with Crippen molar-refractivity contribution in [3.63, 3.8) is 0 Å². The van der Waals surface area contributed by atoms with Crippen LogP contribution in [-0.2, 0) is 28.0 Å². The van der Waals surface area contributed by atoms with Crippen LogP contribution in [0.1, 0.15) is 21.7 Å². The SMILES string of the molecule is COOC[C@]1(c2cccc(F)c2C)Cc2nc(-c3ccc(F)cn3)sc2C1. The molecule has 0 unspecified atom stereocenters. The Bertz CT molecular complexity index is 949. The van der Waals surface area contributed by atoms with Crippen LogP contribution in [0.25, 0.3) is 10.7 Å². The lowest BCUT2D eigenvalue weighted by Gasteiger charge is -2.30. The van der Waals surface area contributed by atoms with Crippen molar-refractivity contribution in [2.45, 2.75) is 25.2 Å². The number of aromatic nitrogens is 2. The molecule has 0 radical (unpaired) electrons. The zero-order valence-electron chi connectivity index (χ0n) is 15.0. The molecule has 1 aromatic carbocycles. The number of rotatable bonds is 5. The summed E-state index contributed by atoms with van der Waals surface area (Å²) in [6, 6.07) is 8.13. The number of thiazole rings is 1. The third-order valence-corrected chi connectivity index (χ3v) is 6.14. The first-order valence-electron chi connectivity index (χ1n) is 8.54. The summed E-state index contributed by atoms with van der Waals surface area (Å²) in [4.78, 5) is 20.1. The molecule has 0 N–H and O–H groups in total. The fraction of sp³-hybridized carbons (Fsp3) is 0.300.